The highest BCUT2D eigenvalue weighted by atomic mass is 16.2. The number of aromatic nitrogens is 2. The molecule has 1 aromatic rings. The zero-order chi connectivity index (χ0) is 21.3. The molecule has 1 aromatic heterocycles. The van der Waals surface area contributed by atoms with Crippen LogP contribution in [-0.4, -0.2) is 27.1 Å². The number of nitrogens with zero attached hydrogens (tertiary/aromatic N) is 2. The van der Waals surface area contributed by atoms with E-state index in [-0.39, 0.29) is 34.3 Å². The highest BCUT2D eigenvalue weighted by Crippen LogP contribution is 2.61. The van der Waals surface area contributed by atoms with Gasteiger partial charge < -0.3 is 10.6 Å². The summed E-state index contributed by atoms with van der Waals surface area (Å²) >= 11 is 0. The number of hydrogen-bond donors (Lipinski definition) is 2. The van der Waals surface area contributed by atoms with Crippen molar-refractivity contribution in [2.75, 3.05) is 0 Å². The molecule has 2 N–H and O–H groups in total. The second-order valence-corrected chi connectivity index (χ2v) is 11.8. The minimum atomic E-state index is -0.315. The van der Waals surface area contributed by atoms with Crippen LogP contribution in [0.1, 0.15) is 96.4 Å². The van der Waals surface area contributed by atoms with Crippen LogP contribution in [0.4, 0.5) is 0 Å². The molecule has 0 aromatic carbocycles. The van der Waals surface area contributed by atoms with E-state index in [0.29, 0.717) is 11.8 Å². The van der Waals surface area contributed by atoms with Crippen molar-refractivity contribution in [3.8, 4) is 0 Å². The van der Waals surface area contributed by atoms with Gasteiger partial charge in [0.2, 0.25) is 11.8 Å². The first kappa shape index (κ1) is 20.1. The van der Waals surface area contributed by atoms with Crippen molar-refractivity contribution >= 4 is 11.8 Å². The van der Waals surface area contributed by atoms with Gasteiger partial charge in [-0.1, -0.05) is 0 Å². The lowest BCUT2D eigenvalue weighted by molar-refractivity contribution is -0.153. The summed E-state index contributed by atoms with van der Waals surface area (Å²) in [5, 5.41) is 11.4. The third-order valence-electron chi connectivity index (χ3n) is 8.11. The fourth-order valence-electron chi connectivity index (χ4n) is 7.64. The minimum Gasteiger partial charge on any atom is -0.351 e. The van der Waals surface area contributed by atoms with E-state index < -0.39 is 0 Å². The molecule has 5 aliphatic rings. The Bertz CT molecular complexity index is 866. The number of carbonyl (C=O) groups excluding carboxylic acids is 2. The predicted octanol–water partition coefficient (Wildman–Crippen LogP) is 3.61. The van der Waals surface area contributed by atoms with E-state index in [0.717, 1.165) is 51.4 Å². The van der Waals surface area contributed by atoms with Crippen LogP contribution in [0.2, 0.25) is 0 Å². The van der Waals surface area contributed by atoms with E-state index in [4.69, 9.17) is 0 Å². The molecule has 1 heterocycles. The van der Waals surface area contributed by atoms with E-state index in [2.05, 4.69) is 41.2 Å². The van der Waals surface area contributed by atoms with E-state index >= 15 is 0 Å². The molecule has 0 aliphatic heterocycles. The van der Waals surface area contributed by atoms with Gasteiger partial charge in [-0.2, -0.15) is 5.10 Å². The molecule has 3 atom stereocenters. The zero-order valence-electron chi connectivity index (χ0n) is 18.9. The Balaban J connectivity index is 1.39. The summed E-state index contributed by atoms with van der Waals surface area (Å²) in [6, 6.07) is 0.0575. The second-order valence-electron chi connectivity index (χ2n) is 11.8. The molecule has 6 heteroatoms. The first-order valence-corrected chi connectivity index (χ1v) is 11.8. The summed E-state index contributed by atoms with van der Waals surface area (Å²) in [6.45, 7) is 8.15. The van der Waals surface area contributed by atoms with Crippen LogP contribution in [0, 0.1) is 17.3 Å². The van der Waals surface area contributed by atoms with Gasteiger partial charge in [0.05, 0.1) is 23.2 Å². The van der Waals surface area contributed by atoms with Crippen LogP contribution in [0.5, 0.6) is 0 Å². The van der Waals surface area contributed by atoms with Crippen molar-refractivity contribution in [2.45, 2.75) is 103 Å². The molecular formula is C24H36N4O2. The van der Waals surface area contributed by atoms with Gasteiger partial charge >= 0.3 is 0 Å². The first-order valence-electron chi connectivity index (χ1n) is 11.8. The molecule has 0 spiro atoms. The summed E-state index contributed by atoms with van der Waals surface area (Å²) in [6.07, 6.45) is 11.1. The highest BCUT2D eigenvalue weighted by molar-refractivity contribution is 5.84. The van der Waals surface area contributed by atoms with Crippen LogP contribution in [-0.2, 0) is 21.5 Å². The molecule has 4 fully saturated rings. The Morgan fingerprint density at radius 1 is 1.17 bits per heavy atom. The van der Waals surface area contributed by atoms with Crippen molar-refractivity contribution in [1.82, 2.24) is 20.4 Å². The maximum Gasteiger partial charge on any atom is 0.226 e. The Labute approximate surface area is 179 Å². The van der Waals surface area contributed by atoms with Crippen molar-refractivity contribution in [3.63, 3.8) is 0 Å². The molecule has 5 aliphatic carbocycles. The predicted molar refractivity (Wildman–Crippen MR) is 115 cm³/mol. The zero-order valence-corrected chi connectivity index (χ0v) is 18.9. The highest BCUT2D eigenvalue weighted by Gasteiger charge is 2.61. The summed E-state index contributed by atoms with van der Waals surface area (Å²) in [7, 11) is 0. The fourth-order valence-corrected chi connectivity index (χ4v) is 7.64. The first-order chi connectivity index (χ1) is 14.1. The van der Waals surface area contributed by atoms with E-state index in [1.165, 1.54) is 17.7 Å². The number of nitrogens with one attached hydrogen (secondary N) is 2. The Morgan fingerprint density at radius 3 is 2.50 bits per heavy atom. The van der Waals surface area contributed by atoms with Crippen molar-refractivity contribution in [3.05, 3.63) is 17.5 Å². The molecule has 6 rings (SSSR count). The van der Waals surface area contributed by atoms with E-state index in [1.807, 2.05) is 6.20 Å². The molecule has 2 amide bonds. The minimum absolute atomic E-state index is 0.0408. The van der Waals surface area contributed by atoms with Crippen molar-refractivity contribution < 1.29 is 9.59 Å². The average molecular weight is 413 g/mol. The summed E-state index contributed by atoms with van der Waals surface area (Å²) in [5.41, 5.74) is 1.95. The Kier molecular flexibility index (Phi) is 4.40. The standard InChI is InChI=1S/C24H36N4O2/c1-15(29)27-24-11-16-8-17(12-24)10-23(9-16,14-24)21(30)26-19-6-5-7-20-18(19)13-25-28(20)22(2,3)4/h13,16-17,19H,5-12,14H2,1-4H3,(H,26,30)(H,27,29). The molecule has 3 unspecified atom stereocenters. The lowest BCUT2D eigenvalue weighted by atomic mass is 9.46. The average Bonchev–Trinajstić information content (AvgIpc) is 3.04. The number of amides is 2. The number of carbonyl (C=O) groups is 2. The largest absolute Gasteiger partial charge is 0.351 e. The number of fused-ring (bicyclic) bond motifs is 1. The van der Waals surface area contributed by atoms with E-state index in [9.17, 15) is 9.59 Å². The fraction of sp³-hybridized carbons (Fsp3) is 0.792. The molecule has 4 bridgehead atoms. The van der Waals surface area contributed by atoms with Gasteiger partial charge in [0.15, 0.2) is 0 Å². The molecule has 30 heavy (non-hydrogen) atoms. The normalized spacial score (nSPS) is 37.0. The molecule has 6 nitrogen and oxygen atoms in total. The lowest BCUT2D eigenvalue weighted by Crippen LogP contribution is -2.65. The second kappa shape index (κ2) is 6.57. The summed E-state index contributed by atoms with van der Waals surface area (Å²) < 4.78 is 2.14. The summed E-state index contributed by atoms with van der Waals surface area (Å²) in [4.78, 5) is 25.7. The van der Waals surface area contributed by atoms with Gasteiger partial charge in [0.1, 0.15) is 0 Å². The topological polar surface area (TPSA) is 76.0 Å². The van der Waals surface area contributed by atoms with Gasteiger partial charge in [0.25, 0.3) is 0 Å². The monoisotopic (exact) mass is 412 g/mol. The van der Waals surface area contributed by atoms with Gasteiger partial charge in [-0.3, -0.25) is 14.3 Å². The quantitative estimate of drug-likeness (QED) is 0.796. The smallest absolute Gasteiger partial charge is 0.226 e. The van der Waals surface area contributed by atoms with Crippen LogP contribution in [0.15, 0.2) is 6.20 Å². The molecule has 164 valence electrons. The molecule has 0 saturated heterocycles. The molecule has 0 radical (unpaired) electrons. The van der Waals surface area contributed by atoms with Gasteiger partial charge in [-0.05, 0) is 90.4 Å². The maximum absolute atomic E-state index is 13.8. The lowest BCUT2D eigenvalue weighted by Gasteiger charge is -2.61. The van der Waals surface area contributed by atoms with Crippen LogP contribution in [0.3, 0.4) is 0 Å². The van der Waals surface area contributed by atoms with Crippen LogP contribution in [0.25, 0.3) is 0 Å². The number of rotatable bonds is 3. The van der Waals surface area contributed by atoms with Crippen molar-refractivity contribution in [1.29, 1.82) is 0 Å². The molecule has 4 saturated carbocycles. The van der Waals surface area contributed by atoms with Crippen LogP contribution < -0.4 is 10.6 Å². The Hall–Kier alpha value is -1.85. The van der Waals surface area contributed by atoms with Gasteiger partial charge in [-0.25, -0.2) is 0 Å². The SMILES string of the molecule is CC(=O)NC12CC3CC(C1)CC(C(=O)NC1CCCc4c1cnn4C(C)(C)C)(C3)C2. The maximum atomic E-state index is 13.8. The third kappa shape index (κ3) is 3.18. The van der Waals surface area contributed by atoms with Crippen molar-refractivity contribution in [2.24, 2.45) is 17.3 Å². The number of hydrogen-bond acceptors (Lipinski definition) is 3. The summed E-state index contributed by atoms with van der Waals surface area (Å²) in [5.74, 6) is 1.38. The van der Waals surface area contributed by atoms with E-state index in [1.54, 1.807) is 6.92 Å². The van der Waals surface area contributed by atoms with Crippen LogP contribution >= 0.6 is 0 Å². The van der Waals surface area contributed by atoms with Gasteiger partial charge in [-0.15, -0.1) is 0 Å². The van der Waals surface area contributed by atoms with Gasteiger partial charge in [0, 0.05) is 23.7 Å². The third-order valence-corrected chi connectivity index (χ3v) is 8.11. The Morgan fingerprint density at radius 2 is 1.87 bits per heavy atom. The molecular weight excluding hydrogens is 376 g/mol.